The number of allylic oxidation sites excluding steroid dienone is 2. The number of carbonyl (C=O) groups is 1. The van der Waals surface area contributed by atoms with Gasteiger partial charge in [0.1, 0.15) is 12.4 Å². The van der Waals surface area contributed by atoms with E-state index in [1.54, 1.807) is 18.4 Å². The lowest BCUT2D eigenvalue weighted by Gasteiger charge is -2.24. The zero-order chi connectivity index (χ0) is 29.8. The maximum Gasteiger partial charge on any atom is 0.338 e. The molecule has 0 radical (unpaired) electrons. The molecule has 8 heteroatoms. The highest BCUT2D eigenvalue weighted by molar-refractivity contribution is 14.1. The van der Waals surface area contributed by atoms with Crippen molar-refractivity contribution in [1.29, 1.82) is 0 Å². The van der Waals surface area contributed by atoms with Crippen LogP contribution in [0.25, 0.3) is 6.08 Å². The van der Waals surface area contributed by atoms with E-state index < -0.39 is 12.0 Å². The molecule has 1 atom stereocenters. The first-order valence-electron chi connectivity index (χ1n) is 13.7. The summed E-state index contributed by atoms with van der Waals surface area (Å²) in [7, 11) is 0. The normalized spacial score (nSPS) is 14.8. The number of benzene rings is 3. The summed E-state index contributed by atoms with van der Waals surface area (Å²) < 4.78 is 14.9. The highest BCUT2D eigenvalue weighted by atomic mass is 127. The summed E-state index contributed by atoms with van der Waals surface area (Å²) in [4.78, 5) is 32.2. The second-order valence-corrected chi connectivity index (χ2v) is 12.2. The minimum Gasteiger partial charge on any atom is -0.489 e. The molecule has 0 aliphatic carbocycles. The maximum atomic E-state index is 13.9. The number of fused-ring (bicyclic) bond motifs is 1. The number of aromatic nitrogens is 1. The second-order valence-electron chi connectivity index (χ2n) is 9.99. The number of hydrogen-bond acceptors (Lipinski definition) is 6. The van der Waals surface area contributed by atoms with Crippen molar-refractivity contribution in [2.75, 3.05) is 6.61 Å². The first-order valence-corrected chi connectivity index (χ1v) is 15.6. The highest BCUT2D eigenvalue weighted by Gasteiger charge is 2.33. The largest absolute Gasteiger partial charge is 0.489 e. The monoisotopic (exact) mass is 690 g/mol. The van der Waals surface area contributed by atoms with Crippen LogP contribution in [0.4, 0.5) is 0 Å². The van der Waals surface area contributed by atoms with Gasteiger partial charge in [-0.2, -0.15) is 0 Å². The fourth-order valence-corrected chi connectivity index (χ4v) is 6.30. The van der Waals surface area contributed by atoms with E-state index in [9.17, 15) is 9.59 Å². The van der Waals surface area contributed by atoms with Gasteiger partial charge in [0.25, 0.3) is 5.56 Å². The molecule has 214 valence electrons. The van der Waals surface area contributed by atoms with Crippen LogP contribution in [-0.2, 0) is 22.6 Å². The van der Waals surface area contributed by atoms with Gasteiger partial charge < -0.3 is 9.47 Å². The molecule has 0 amide bonds. The van der Waals surface area contributed by atoms with E-state index in [0.717, 1.165) is 33.6 Å². The van der Waals surface area contributed by atoms with Gasteiger partial charge in [0.05, 0.1) is 28.5 Å². The van der Waals surface area contributed by atoms with Gasteiger partial charge in [0.2, 0.25) is 0 Å². The van der Waals surface area contributed by atoms with E-state index in [4.69, 9.17) is 9.47 Å². The Morgan fingerprint density at radius 1 is 1.10 bits per heavy atom. The van der Waals surface area contributed by atoms with E-state index in [1.807, 2.05) is 61.5 Å². The maximum absolute atomic E-state index is 13.9. The summed E-state index contributed by atoms with van der Waals surface area (Å²) >= 11 is 3.60. The van der Waals surface area contributed by atoms with Gasteiger partial charge in [0.15, 0.2) is 4.80 Å². The van der Waals surface area contributed by atoms with Crippen LogP contribution >= 0.6 is 33.9 Å². The van der Waals surface area contributed by atoms with E-state index in [2.05, 4.69) is 58.4 Å². The van der Waals surface area contributed by atoms with Crippen LogP contribution in [0.2, 0.25) is 0 Å². The molecule has 0 N–H and O–H groups in total. The molecule has 1 aliphatic rings. The Hall–Kier alpha value is -3.76. The zero-order valence-corrected chi connectivity index (χ0v) is 26.7. The number of ether oxygens (including phenoxy) is 2. The van der Waals surface area contributed by atoms with Crippen molar-refractivity contribution in [3.05, 3.63) is 142 Å². The van der Waals surface area contributed by atoms with Gasteiger partial charge in [-0.1, -0.05) is 65.4 Å². The van der Waals surface area contributed by atoms with Crippen molar-refractivity contribution >= 4 is 46.0 Å². The molecule has 0 fully saturated rings. The number of thiazole rings is 1. The number of carbonyl (C=O) groups excluding carboxylic acids is 1. The van der Waals surface area contributed by atoms with E-state index in [-0.39, 0.29) is 12.2 Å². The number of hydrogen-bond donors (Lipinski definition) is 0. The Kier molecular flexibility index (Phi) is 9.23. The number of halogens is 1. The van der Waals surface area contributed by atoms with Crippen LogP contribution in [0.15, 0.2) is 100 Å². The molecular weight excluding hydrogens is 659 g/mol. The SMILES string of the molecule is C=CCc1cc(/C=c2/sc3n(c2=O)[C@@H](c2ccc(C)cc2)C(C(=O)OCC)=C(C)N=3)ccc1OCc1ccc(I)cc1. The third-order valence-electron chi connectivity index (χ3n) is 6.96. The summed E-state index contributed by atoms with van der Waals surface area (Å²) in [5.41, 5.74) is 5.58. The molecule has 42 heavy (non-hydrogen) atoms. The van der Waals surface area contributed by atoms with Crippen molar-refractivity contribution in [3.63, 3.8) is 0 Å². The van der Waals surface area contributed by atoms with Crippen molar-refractivity contribution in [3.8, 4) is 5.75 Å². The van der Waals surface area contributed by atoms with Crippen LogP contribution in [0, 0.1) is 10.5 Å². The van der Waals surface area contributed by atoms with E-state index in [1.165, 1.54) is 14.9 Å². The Morgan fingerprint density at radius 2 is 1.83 bits per heavy atom. The topological polar surface area (TPSA) is 69.9 Å². The number of esters is 1. The average Bonchev–Trinajstić information content (AvgIpc) is 3.27. The molecule has 2 heterocycles. The summed E-state index contributed by atoms with van der Waals surface area (Å²) in [6.07, 6.45) is 4.33. The molecule has 0 unspecified atom stereocenters. The number of rotatable bonds is 9. The van der Waals surface area contributed by atoms with Gasteiger partial charge in [0, 0.05) is 3.57 Å². The Morgan fingerprint density at radius 3 is 2.52 bits per heavy atom. The Labute approximate surface area is 262 Å². The second kappa shape index (κ2) is 13.0. The minimum absolute atomic E-state index is 0.206. The van der Waals surface area contributed by atoms with Crippen molar-refractivity contribution in [2.24, 2.45) is 4.99 Å². The summed E-state index contributed by atoms with van der Waals surface area (Å²) in [6, 6.07) is 21.4. The van der Waals surface area contributed by atoms with Crippen molar-refractivity contribution < 1.29 is 14.3 Å². The molecule has 1 aromatic heterocycles. The van der Waals surface area contributed by atoms with Gasteiger partial charge >= 0.3 is 5.97 Å². The summed E-state index contributed by atoms with van der Waals surface area (Å²) in [5.74, 6) is 0.314. The molecule has 1 aliphatic heterocycles. The standard InChI is InChI=1S/C34H31IN2O4S/c1-5-7-26-18-24(12-17-28(26)41-20-23-10-15-27(35)16-11-23)19-29-32(38)37-31(25-13-8-21(3)9-14-25)30(33(39)40-6-2)22(4)36-34(37)42-29/h5,8-19,31H,1,6-7,20H2,2-4H3/b29-19+/t31-/m0/s1. The van der Waals surface area contributed by atoms with Gasteiger partial charge in [-0.15, -0.1) is 6.58 Å². The molecule has 0 bridgehead atoms. The third-order valence-corrected chi connectivity index (χ3v) is 8.67. The van der Waals surface area contributed by atoms with Crippen LogP contribution in [0.3, 0.4) is 0 Å². The van der Waals surface area contributed by atoms with Gasteiger partial charge in [-0.25, -0.2) is 9.79 Å². The first-order chi connectivity index (χ1) is 20.3. The molecular formula is C34H31IN2O4S. The van der Waals surface area contributed by atoms with Crippen LogP contribution in [0.1, 0.15) is 47.7 Å². The molecule has 0 saturated heterocycles. The Bertz CT molecular complexity index is 1850. The highest BCUT2D eigenvalue weighted by Crippen LogP contribution is 2.31. The quantitative estimate of drug-likeness (QED) is 0.123. The smallest absolute Gasteiger partial charge is 0.338 e. The van der Waals surface area contributed by atoms with E-state index >= 15 is 0 Å². The molecule has 5 rings (SSSR count). The average molecular weight is 691 g/mol. The molecule has 0 saturated carbocycles. The fraction of sp³-hybridized carbons (Fsp3) is 0.206. The lowest BCUT2D eigenvalue weighted by Crippen LogP contribution is -2.39. The van der Waals surface area contributed by atoms with Crippen LogP contribution < -0.4 is 19.6 Å². The predicted molar refractivity (Wildman–Crippen MR) is 175 cm³/mol. The summed E-state index contributed by atoms with van der Waals surface area (Å²) in [6.45, 7) is 10.2. The molecule has 4 aromatic rings. The van der Waals surface area contributed by atoms with Gasteiger partial charge in [-0.05, 0) is 102 Å². The van der Waals surface area contributed by atoms with Crippen molar-refractivity contribution in [2.45, 2.75) is 39.8 Å². The van der Waals surface area contributed by atoms with Gasteiger partial charge in [-0.3, -0.25) is 9.36 Å². The van der Waals surface area contributed by atoms with Crippen LogP contribution in [-0.4, -0.2) is 17.1 Å². The molecule has 6 nitrogen and oxygen atoms in total. The predicted octanol–water partition coefficient (Wildman–Crippen LogP) is 6.02. The fourth-order valence-electron chi connectivity index (χ4n) is 4.89. The lowest BCUT2D eigenvalue weighted by molar-refractivity contribution is -0.139. The minimum atomic E-state index is -0.628. The van der Waals surface area contributed by atoms with Crippen molar-refractivity contribution in [1.82, 2.24) is 4.57 Å². The lowest BCUT2D eigenvalue weighted by atomic mass is 9.95. The third kappa shape index (κ3) is 6.34. The molecule has 0 spiro atoms. The van der Waals surface area contributed by atoms with Crippen LogP contribution in [0.5, 0.6) is 5.75 Å². The number of nitrogens with zero attached hydrogens (tertiary/aromatic N) is 2. The first kappa shape index (κ1) is 29.7. The number of aryl methyl sites for hydroxylation is 1. The zero-order valence-electron chi connectivity index (χ0n) is 23.7. The summed E-state index contributed by atoms with van der Waals surface area (Å²) in [5, 5.41) is 0. The Balaban J connectivity index is 1.55. The molecule has 3 aromatic carbocycles. The van der Waals surface area contributed by atoms with E-state index in [0.29, 0.717) is 33.6 Å².